The van der Waals surface area contributed by atoms with Crippen molar-refractivity contribution < 1.29 is 14.6 Å². The molecule has 0 aromatic heterocycles. The summed E-state index contributed by atoms with van der Waals surface area (Å²) in [6.45, 7) is 7.90. The van der Waals surface area contributed by atoms with Crippen molar-refractivity contribution in [2.75, 3.05) is 19.7 Å². The second kappa shape index (κ2) is 9.53. The number of rotatable bonds is 9. The van der Waals surface area contributed by atoms with Crippen LogP contribution >= 0.6 is 0 Å². The number of carbonyl (C=O) groups is 1. The minimum Gasteiger partial charge on any atom is -0.464 e. The Balaban J connectivity index is 3.06. The molecule has 1 aromatic rings. The van der Waals surface area contributed by atoms with Crippen LogP contribution in [0.1, 0.15) is 45.2 Å². The maximum absolute atomic E-state index is 12.0. The van der Waals surface area contributed by atoms with Gasteiger partial charge in [-0.15, -0.1) is 0 Å². The number of esters is 1. The predicted molar refractivity (Wildman–Crippen MR) is 84.0 cm³/mol. The summed E-state index contributed by atoms with van der Waals surface area (Å²) in [5.74, 6) is -0.552. The van der Waals surface area contributed by atoms with Gasteiger partial charge in [0, 0.05) is 0 Å². The molecule has 4 nitrogen and oxygen atoms in total. The fourth-order valence-electron chi connectivity index (χ4n) is 2.56. The molecular formula is C17H27NO3. The van der Waals surface area contributed by atoms with Crippen molar-refractivity contribution in [3.8, 4) is 0 Å². The molecule has 0 aliphatic carbocycles. The highest BCUT2D eigenvalue weighted by Crippen LogP contribution is 2.26. The Morgan fingerprint density at radius 3 is 2.19 bits per heavy atom. The molecule has 0 heterocycles. The van der Waals surface area contributed by atoms with Crippen molar-refractivity contribution in [1.82, 2.24) is 4.90 Å². The maximum atomic E-state index is 12.0. The maximum Gasteiger partial charge on any atom is 0.336 e. The minimum absolute atomic E-state index is 0.277. The zero-order chi connectivity index (χ0) is 15.7. The van der Waals surface area contributed by atoms with E-state index in [0.29, 0.717) is 0 Å². The van der Waals surface area contributed by atoms with Crippen LogP contribution in [0.4, 0.5) is 0 Å². The molecule has 0 aliphatic rings. The average Bonchev–Trinajstić information content (AvgIpc) is 2.49. The van der Waals surface area contributed by atoms with Crippen LogP contribution in [0.3, 0.4) is 0 Å². The van der Waals surface area contributed by atoms with Gasteiger partial charge < -0.3 is 9.84 Å². The fourth-order valence-corrected chi connectivity index (χ4v) is 2.56. The molecule has 0 bridgehead atoms. The van der Waals surface area contributed by atoms with E-state index in [0.717, 1.165) is 31.5 Å². The van der Waals surface area contributed by atoms with E-state index in [4.69, 9.17) is 4.74 Å². The standard InChI is InChI=1S/C17H27NO3/c1-4-12-18(13-5-2)15(14-10-8-7-9-11-14)16(19)17(20)21-6-3/h7-11,15-16,19H,4-6,12-13H2,1-3H3/t15-,16+/m1/s1. The number of aliphatic hydroxyl groups excluding tert-OH is 1. The number of benzene rings is 1. The SMILES string of the molecule is CCCN(CCC)[C@H](c1ccccc1)[C@H](O)C(=O)OCC. The number of hydrogen-bond acceptors (Lipinski definition) is 4. The first kappa shape index (κ1) is 17.7. The number of hydrogen-bond donors (Lipinski definition) is 1. The van der Waals surface area contributed by atoms with Crippen molar-refractivity contribution in [2.45, 2.75) is 45.8 Å². The third kappa shape index (κ3) is 5.14. The molecule has 0 spiro atoms. The second-order valence-electron chi connectivity index (χ2n) is 5.09. The third-order valence-corrected chi connectivity index (χ3v) is 3.38. The molecule has 0 fully saturated rings. The molecule has 0 saturated heterocycles. The molecule has 2 atom stereocenters. The number of nitrogens with zero attached hydrogens (tertiary/aromatic N) is 1. The zero-order valence-electron chi connectivity index (χ0n) is 13.3. The van der Waals surface area contributed by atoms with Crippen molar-refractivity contribution in [1.29, 1.82) is 0 Å². The summed E-state index contributed by atoms with van der Waals surface area (Å²) < 4.78 is 5.00. The zero-order valence-corrected chi connectivity index (χ0v) is 13.3. The van der Waals surface area contributed by atoms with E-state index in [2.05, 4.69) is 18.7 Å². The van der Waals surface area contributed by atoms with Crippen LogP contribution in [0.2, 0.25) is 0 Å². The quantitative estimate of drug-likeness (QED) is 0.711. The van der Waals surface area contributed by atoms with E-state index in [1.165, 1.54) is 0 Å². The molecule has 0 amide bonds. The number of carbonyl (C=O) groups excluding carboxylic acids is 1. The first-order valence-corrected chi connectivity index (χ1v) is 7.79. The summed E-state index contributed by atoms with van der Waals surface area (Å²) in [6, 6.07) is 9.33. The number of aliphatic hydroxyl groups is 1. The molecule has 0 radical (unpaired) electrons. The smallest absolute Gasteiger partial charge is 0.336 e. The molecule has 0 aliphatic heterocycles. The molecule has 1 aromatic carbocycles. The molecule has 21 heavy (non-hydrogen) atoms. The van der Waals surface area contributed by atoms with Crippen molar-refractivity contribution in [2.24, 2.45) is 0 Å². The average molecular weight is 293 g/mol. The summed E-state index contributed by atoms with van der Waals surface area (Å²) in [6.07, 6.45) is 0.781. The van der Waals surface area contributed by atoms with Crippen LogP contribution in [-0.4, -0.2) is 41.8 Å². The minimum atomic E-state index is -1.16. The van der Waals surface area contributed by atoms with Crippen LogP contribution in [0.15, 0.2) is 30.3 Å². The Morgan fingerprint density at radius 1 is 1.14 bits per heavy atom. The fraction of sp³-hybridized carbons (Fsp3) is 0.588. The first-order chi connectivity index (χ1) is 10.2. The Morgan fingerprint density at radius 2 is 1.71 bits per heavy atom. The molecule has 1 rings (SSSR count). The van der Waals surface area contributed by atoms with Gasteiger partial charge in [-0.1, -0.05) is 44.2 Å². The molecule has 0 unspecified atom stereocenters. The third-order valence-electron chi connectivity index (χ3n) is 3.38. The summed E-state index contributed by atoms with van der Waals surface area (Å²) >= 11 is 0. The molecule has 0 saturated carbocycles. The van der Waals surface area contributed by atoms with Gasteiger partial charge in [0.05, 0.1) is 12.6 Å². The van der Waals surface area contributed by atoms with Crippen LogP contribution in [-0.2, 0) is 9.53 Å². The first-order valence-electron chi connectivity index (χ1n) is 7.79. The van der Waals surface area contributed by atoms with E-state index >= 15 is 0 Å². The van der Waals surface area contributed by atoms with Crippen molar-refractivity contribution >= 4 is 5.97 Å². The molecular weight excluding hydrogens is 266 g/mol. The van der Waals surface area contributed by atoms with Crippen LogP contribution in [0, 0.1) is 0 Å². The lowest BCUT2D eigenvalue weighted by atomic mass is 9.99. The summed E-state index contributed by atoms with van der Waals surface area (Å²) in [5.41, 5.74) is 0.944. The van der Waals surface area contributed by atoms with Gasteiger partial charge in [-0.3, -0.25) is 4.90 Å². The van der Waals surface area contributed by atoms with E-state index < -0.39 is 12.1 Å². The highest BCUT2D eigenvalue weighted by Gasteiger charge is 2.32. The van der Waals surface area contributed by atoms with Gasteiger partial charge in [0.2, 0.25) is 0 Å². The van der Waals surface area contributed by atoms with Gasteiger partial charge in [-0.2, -0.15) is 0 Å². The Kier molecular flexibility index (Phi) is 8.01. The van der Waals surface area contributed by atoms with Crippen LogP contribution in [0.25, 0.3) is 0 Å². The molecule has 4 heteroatoms. The topological polar surface area (TPSA) is 49.8 Å². The van der Waals surface area contributed by atoms with Crippen LogP contribution < -0.4 is 0 Å². The van der Waals surface area contributed by atoms with E-state index in [1.54, 1.807) is 6.92 Å². The van der Waals surface area contributed by atoms with Gasteiger partial charge >= 0.3 is 5.97 Å². The van der Waals surface area contributed by atoms with Gasteiger partial charge in [0.25, 0.3) is 0 Å². The van der Waals surface area contributed by atoms with E-state index in [1.807, 2.05) is 30.3 Å². The Bertz CT molecular complexity index is 402. The lowest BCUT2D eigenvalue weighted by Crippen LogP contribution is -2.42. The predicted octanol–water partition coefficient (Wildman–Crippen LogP) is 2.77. The van der Waals surface area contributed by atoms with Gasteiger partial charge in [0.1, 0.15) is 0 Å². The van der Waals surface area contributed by atoms with Gasteiger partial charge in [-0.25, -0.2) is 4.79 Å². The monoisotopic (exact) mass is 293 g/mol. The van der Waals surface area contributed by atoms with E-state index in [-0.39, 0.29) is 12.6 Å². The summed E-state index contributed by atoms with van der Waals surface area (Å²) in [5, 5.41) is 10.5. The van der Waals surface area contributed by atoms with Crippen LogP contribution in [0.5, 0.6) is 0 Å². The lowest BCUT2D eigenvalue weighted by molar-refractivity contribution is -0.157. The van der Waals surface area contributed by atoms with E-state index in [9.17, 15) is 9.90 Å². The lowest BCUT2D eigenvalue weighted by Gasteiger charge is -2.34. The summed E-state index contributed by atoms with van der Waals surface area (Å²) in [4.78, 5) is 14.1. The second-order valence-corrected chi connectivity index (χ2v) is 5.09. The van der Waals surface area contributed by atoms with Gasteiger partial charge in [-0.05, 0) is 38.4 Å². The van der Waals surface area contributed by atoms with Crippen molar-refractivity contribution in [3.05, 3.63) is 35.9 Å². The highest BCUT2D eigenvalue weighted by atomic mass is 16.5. The summed E-state index contributed by atoms with van der Waals surface area (Å²) in [7, 11) is 0. The Labute approximate surface area is 127 Å². The molecule has 1 N–H and O–H groups in total. The van der Waals surface area contributed by atoms with Crippen molar-refractivity contribution in [3.63, 3.8) is 0 Å². The molecule has 118 valence electrons. The number of ether oxygens (including phenoxy) is 1. The van der Waals surface area contributed by atoms with Gasteiger partial charge in [0.15, 0.2) is 6.10 Å². The normalized spacial score (nSPS) is 14.0. The Hall–Kier alpha value is -1.39. The largest absolute Gasteiger partial charge is 0.464 e. The highest BCUT2D eigenvalue weighted by molar-refractivity contribution is 5.75.